The number of nitrogens with one attached hydrogen (secondary N) is 1. The molecule has 6 heteroatoms. The van der Waals surface area contributed by atoms with Crippen molar-refractivity contribution in [3.8, 4) is 0 Å². The van der Waals surface area contributed by atoms with E-state index in [1.165, 1.54) is 6.26 Å². The summed E-state index contributed by atoms with van der Waals surface area (Å²) in [6.45, 7) is 1.99. The molecule has 0 radical (unpaired) electrons. The molecule has 114 valence electrons. The van der Waals surface area contributed by atoms with Gasteiger partial charge in [0, 0.05) is 12.6 Å². The Balaban J connectivity index is 1.88. The van der Waals surface area contributed by atoms with Crippen LogP contribution in [-0.2, 0) is 6.54 Å². The lowest BCUT2D eigenvalue weighted by molar-refractivity contribution is 0.128. The lowest BCUT2D eigenvalue weighted by Crippen LogP contribution is -2.27. The summed E-state index contributed by atoms with van der Waals surface area (Å²) in [4.78, 5) is 0. The van der Waals surface area contributed by atoms with E-state index >= 15 is 0 Å². The Morgan fingerprint density at radius 1 is 1.24 bits per heavy atom. The molecule has 2 unspecified atom stereocenters. The summed E-state index contributed by atoms with van der Waals surface area (Å²) in [7, 11) is 0. The number of hydrogen-bond acceptors (Lipinski definition) is 3. The van der Waals surface area contributed by atoms with Gasteiger partial charge in [0.25, 0.3) is 0 Å². The summed E-state index contributed by atoms with van der Waals surface area (Å²) in [5, 5.41) is 12.9. The highest BCUT2D eigenvalue weighted by atomic mass is 19.2. The van der Waals surface area contributed by atoms with Gasteiger partial charge in [0.15, 0.2) is 17.5 Å². The predicted octanol–water partition coefficient (Wildman–Crippen LogP) is 3.30. The molecule has 3 nitrogen and oxygen atoms in total. The van der Waals surface area contributed by atoms with Crippen LogP contribution in [0.15, 0.2) is 34.9 Å². The van der Waals surface area contributed by atoms with E-state index in [1.54, 1.807) is 12.1 Å². The normalized spacial score (nSPS) is 14.1. The van der Waals surface area contributed by atoms with Crippen molar-refractivity contribution in [2.24, 2.45) is 0 Å². The van der Waals surface area contributed by atoms with Gasteiger partial charge in [-0.3, -0.25) is 0 Å². The Bertz CT molecular complexity index is 564. The maximum Gasteiger partial charge on any atom is 0.194 e. The minimum Gasteiger partial charge on any atom is -0.467 e. The fourth-order valence-corrected chi connectivity index (χ4v) is 2.02. The van der Waals surface area contributed by atoms with Crippen molar-refractivity contribution >= 4 is 0 Å². The van der Waals surface area contributed by atoms with Gasteiger partial charge in [-0.15, -0.1) is 0 Å². The first-order valence-electron chi connectivity index (χ1n) is 6.55. The molecule has 0 bridgehead atoms. The van der Waals surface area contributed by atoms with Crippen molar-refractivity contribution in [3.05, 3.63) is 59.3 Å². The van der Waals surface area contributed by atoms with Crippen LogP contribution in [0.4, 0.5) is 13.2 Å². The molecule has 1 heterocycles. The Kier molecular flexibility index (Phi) is 5.03. The smallest absolute Gasteiger partial charge is 0.194 e. The molecule has 1 aromatic heterocycles. The van der Waals surface area contributed by atoms with Crippen molar-refractivity contribution in [2.45, 2.75) is 32.0 Å². The van der Waals surface area contributed by atoms with Crippen LogP contribution in [-0.4, -0.2) is 11.1 Å². The Morgan fingerprint density at radius 3 is 2.48 bits per heavy atom. The van der Waals surface area contributed by atoms with Crippen LogP contribution in [0.2, 0.25) is 0 Å². The van der Waals surface area contributed by atoms with E-state index in [2.05, 4.69) is 5.32 Å². The average molecular weight is 299 g/mol. The second-order valence-electron chi connectivity index (χ2n) is 4.92. The minimum atomic E-state index is -1.47. The first-order valence-corrected chi connectivity index (χ1v) is 6.55. The third-order valence-corrected chi connectivity index (χ3v) is 3.15. The molecular formula is C15H16F3NO2. The molecule has 21 heavy (non-hydrogen) atoms. The summed E-state index contributed by atoms with van der Waals surface area (Å²) < 4.78 is 44.0. The zero-order chi connectivity index (χ0) is 15.4. The molecule has 0 saturated carbocycles. The summed E-state index contributed by atoms with van der Waals surface area (Å²) in [6, 6.07) is 5.12. The van der Waals surface area contributed by atoms with Crippen molar-refractivity contribution < 1.29 is 22.7 Å². The molecule has 0 fully saturated rings. The number of hydrogen-bond donors (Lipinski definition) is 2. The minimum absolute atomic E-state index is 0.124. The Labute approximate surface area is 120 Å². The van der Waals surface area contributed by atoms with E-state index < -0.39 is 23.6 Å². The first kappa shape index (κ1) is 15.6. The third kappa shape index (κ3) is 4.09. The molecule has 2 atom stereocenters. The molecular weight excluding hydrogens is 283 g/mol. The zero-order valence-corrected chi connectivity index (χ0v) is 11.4. The van der Waals surface area contributed by atoms with E-state index in [0.717, 1.165) is 12.1 Å². The lowest BCUT2D eigenvalue weighted by Gasteiger charge is -2.17. The fraction of sp³-hybridized carbons (Fsp3) is 0.333. The van der Waals surface area contributed by atoms with Gasteiger partial charge >= 0.3 is 0 Å². The largest absolute Gasteiger partial charge is 0.467 e. The zero-order valence-electron chi connectivity index (χ0n) is 11.4. The number of benzene rings is 1. The van der Waals surface area contributed by atoms with Gasteiger partial charge in [-0.2, -0.15) is 0 Å². The Hall–Kier alpha value is -1.79. The van der Waals surface area contributed by atoms with E-state index in [1.807, 2.05) is 6.92 Å². The third-order valence-electron chi connectivity index (χ3n) is 3.15. The molecule has 0 aliphatic rings. The molecule has 0 spiro atoms. The first-order chi connectivity index (χ1) is 9.97. The van der Waals surface area contributed by atoms with Gasteiger partial charge in [0.1, 0.15) is 11.9 Å². The summed E-state index contributed by atoms with van der Waals surface area (Å²) in [5.74, 6) is -3.44. The SMILES string of the molecule is CC(CC(O)c1ccco1)NCc1cc(F)c(F)c(F)c1. The highest BCUT2D eigenvalue weighted by molar-refractivity contribution is 5.19. The van der Waals surface area contributed by atoms with Crippen LogP contribution < -0.4 is 5.32 Å². The lowest BCUT2D eigenvalue weighted by atomic mass is 10.1. The molecule has 0 amide bonds. The van der Waals surface area contributed by atoms with Crippen LogP contribution in [0.25, 0.3) is 0 Å². The molecule has 1 aromatic carbocycles. The summed E-state index contributed by atoms with van der Waals surface area (Å²) in [5.41, 5.74) is 0.297. The maximum absolute atomic E-state index is 13.1. The van der Waals surface area contributed by atoms with Crippen LogP contribution in [0, 0.1) is 17.5 Å². The number of furan rings is 1. The van der Waals surface area contributed by atoms with Gasteiger partial charge < -0.3 is 14.8 Å². The molecule has 0 saturated heterocycles. The topological polar surface area (TPSA) is 45.4 Å². The molecule has 2 rings (SSSR count). The van der Waals surface area contributed by atoms with Crippen LogP contribution >= 0.6 is 0 Å². The van der Waals surface area contributed by atoms with Crippen molar-refractivity contribution in [3.63, 3.8) is 0 Å². The predicted molar refractivity (Wildman–Crippen MR) is 70.9 cm³/mol. The van der Waals surface area contributed by atoms with Gasteiger partial charge in [0.05, 0.1) is 6.26 Å². The number of aliphatic hydroxyl groups excluding tert-OH is 1. The quantitative estimate of drug-likeness (QED) is 0.805. The van der Waals surface area contributed by atoms with Crippen LogP contribution in [0.3, 0.4) is 0 Å². The van der Waals surface area contributed by atoms with Crippen molar-refractivity contribution in [2.75, 3.05) is 0 Å². The standard InChI is InChI=1S/C15H16F3NO2/c1-9(5-13(20)14-3-2-4-21-14)19-8-10-6-11(16)15(18)12(17)7-10/h2-4,6-7,9,13,19-20H,5,8H2,1H3. The highest BCUT2D eigenvalue weighted by Crippen LogP contribution is 2.19. The fourth-order valence-electron chi connectivity index (χ4n) is 2.02. The van der Waals surface area contributed by atoms with Gasteiger partial charge in [-0.05, 0) is 43.2 Å². The average Bonchev–Trinajstić information content (AvgIpc) is 2.96. The monoisotopic (exact) mass is 299 g/mol. The van der Waals surface area contributed by atoms with Crippen molar-refractivity contribution in [1.82, 2.24) is 5.32 Å². The van der Waals surface area contributed by atoms with Gasteiger partial charge in [-0.25, -0.2) is 13.2 Å². The molecule has 0 aliphatic carbocycles. The van der Waals surface area contributed by atoms with Crippen LogP contribution in [0.5, 0.6) is 0 Å². The van der Waals surface area contributed by atoms with Gasteiger partial charge in [-0.1, -0.05) is 0 Å². The van der Waals surface area contributed by atoms with Crippen molar-refractivity contribution in [1.29, 1.82) is 0 Å². The summed E-state index contributed by atoms with van der Waals surface area (Å²) in [6.07, 6.45) is 1.09. The number of halogens is 3. The van der Waals surface area contributed by atoms with E-state index in [0.29, 0.717) is 17.7 Å². The number of aliphatic hydroxyl groups is 1. The van der Waals surface area contributed by atoms with E-state index in [4.69, 9.17) is 4.42 Å². The Morgan fingerprint density at radius 2 is 1.90 bits per heavy atom. The van der Waals surface area contributed by atoms with Crippen LogP contribution in [0.1, 0.15) is 30.8 Å². The van der Waals surface area contributed by atoms with E-state index in [9.17, 15) is 18.3 Å². The van der Waals surface area contributed by atoms with Gasteiger partial charge in [0.2, 0.25) is 0 Å². The highest BCUT2D eigenvalue weighted by Gasteiger charge is 2.15. The maximum atomic E-state index is 13.1. The molecule has 0 aliphatic heterocycles. The number of rotatable bonds is 6. The second kappa shape index (κ2) is 6.78. The molecule has 2 N–H and O–H groups in total. The van der Waals surface area contributed by atoms with E-state index in [-0.39, 0.29) is 12.6 Å². The second-order valence-corrected chi connectivity index (χ2v) is 4.92. The molecule has 2 aromatic rings. The summed E-state index contributed by atoms with van der Waals surface area (Å²) >= 11 is 0.